The van der Waals surface area contributed by atoms with Gasteiger partial charge in [-0.15, -0.1) is 0 Å². The van der Waals surface area contributed by atoms with Crippen LogP contribution in [0.2, 0.25) is 0 Å². The van der Waals surface area contributed by atoms with E-state index in [0.29, 0.717) is 16.0 Å². The molecule has 1 aromatic carbocycles. The van der Waals surface area contributed by atoms with Crippen LogP contribution in [0.1, 0.15) is 27.8 Å². The highest BCUT2D eigenvalue weighted by atomic mass is 16.5. The molecule has 23 heavy (non-hydrogen) atoms. The van der Waals surface area contributed by atoms with Crippen molar-refractivity contribution in [1.29, 1.82) is 0 Å². The Morgan fingerprint density at radius 1 is 1.17 bits per heavy atom. The van der Waals surface area contributed by atoms with E-state index in [1.807, 2.05) is 0 Å². The first kappa shape index (κ1) is 16.2. The fourth-order valence-corrected chi connectivity index (χ4v) is 1.80. The number of nitrogens with zero attached hydrogens (tertiary/aromatic N) is 1. The largest absolute Gasteiger partial charge is 0.618 e. The molecule has 2 aromatic rings. The summed E-state index contributed by atoms with van der Waals surface area (Å²) in [7, 11) is 0. The summed E-state index contributed by atoms with van der Waals surface area (Å²) in [6.45, 7) is 0.874. The van der Waals surface area contributed by atoms with Gasteiger partial charge in [-0.05, 0) is 25.1 Å². The van der Waals surface area contributed by atoms with Crippen molar-refractivity contribution in [2.45, 2.75) is 6.92 Å². The molecule has 0 spiro atoms. The highest BCUT2D eigenvalue weighted by molar-refractivity contribution is 5.98. The minimum Gasteiger partial charge on any atom is -0.618 e. The number of carbonyl (C=O) groups is 3. The summed E-state index contributed by atoms with van der Waals surface area (Å²) in [6, 6.07) is 10.7. The molecule has 0 saturated carbocycles. The summed E-state index contributed by atoms with van der Waals surface area (Å²) < 4.78 is 5.14. The fourth-order valence-electron chi connectivity index (χ4n) is 1.80. The van der Waals surface area contributed by atoms with E-state index in [9.17, 15) is 19.6 Å². The number of pyridine rings is 1. The summed E-state index contributed by atoms with van der Waals surface area (Å²) in [4.78, 5) is 34.7. The third-order valence-electron chi connectivity index (χ3n) is 2.92. The van der Waals surface area contributed by atoms with Crippen molar-refractivity contribution in [3.05, 3.63) is 65.1 Å². The quantitative estimate of drug-likeness (QED) is 0.388. The Morgan fingerprint density at radius 2 is 1.96 bits per heavy atom. The number of esters is 1. The molecule has 0 unspecified atom stereocenters. The van der Waals surface area contributed by atoms with Crippen LogP contribution in [0.5, 0.6) is 0 Å². The summed E-state index contributed by atoms with van der Waals surface area (Å²) in [5.74, 6) is -1.60. The van der Waals surface area contributed by atoms with Crippen molar-refractivity contribution in [2.24, 2.45) is 0 Å². The second-order valence-corrected chi connectivity index (χ2v) is 4.67. The average Bonchev–Trinajstić information content (AvgIpc) is 2.53. The minimum absolute atomic E-state index is 0.128. The Balaban J connectivity index is 1.93. The van der Waals surface area contributed by atoms with Crippen LogP contribution in [0.25, 0.3) is 0 Å². The van der Waals surface area contributed by atoms with Gasteiger partial charge in [-0.2, -0.15) is 4.73 Å². The number of anilines is 1. The van der Waals surface area contributed by atoms with E-state index < -0.39 is 18.5 Å². The van der Waals surface area contributed by atoms with Gasteiger partial charge in [0, 0.05) is 23.4 Å². The first-order chi connectivity index (χ1) is 11.0. The van der Waals surface area contributed by atoms with Gasteiger partial charge in [0.2, 0.25) is 0 Å². The SMILES string of the molecule is CC(=O)c1cccc(NC(=O)COC(=O)c2cccc[n+]2[O-])c1. The lowest BCUT2D eigenvalue weighted by molar-refractivity contribution is -0.608. The molecule has 118 valence electrons. The van der Waals surface area contributed by atoms with Crippen LogP contribution in [0.15, 0.2) is 48.7 Å². The average molecular weight is 314 g/mol. The predicted octanol–water partition coefficient (Wildman–Crippen LogP) is 1.32. The highest BCUT2D eigenvalue weighted by Crippen LogP contribution is 2.11. The number of Topliss-reactive ketones (excluding diaryl/α,β-unsaturated/α-hetero) is 1. The third-order valence-corrected chi connectivity index (χ3v) is 2.92. The minimum atomic E-state index is -0.895. The molecule has 0 fully saturated rings. The van der Waals surface area contributed by atoms with Crippen LogP contribution in [0.4, 0.5) is 5.69 Å². The van der Waals surface area contributed by atoms with Crippen molar-refractivity contribution in [3.8, 4) is 0 Å². The number of hydrogen-bond donors (Lipinski definition) is 1. The molecule has 0 saturated heterocycles. The molecule has 7 heteroatoms. The van der Waals surface area contributed by atoms with Gasteiger partial charge in [0.15, 0.2) is 18.6 Å². The van der Waals surface area contributed by atoms with Gasteiger partial charge in [0.25, 0.3) is 5.91 Å². The van der Waals surface area contributed by atoms with Gasteiger partial charge in [-0.3, -0.25) is 9.59 Å². The Labute approximate surface area is 132 Å². The summed E-state index contributed by atoms with van der Waals surface area (Å²) in [5, 5.41) is 13.9. The van der Waals surface area contributed by atoms with E-state index in [1.165, 1.54) is 31.2 Å². The highest BCUT2D eigenvalue weighted by Gasteiger charge is 2.18. The number of rotatable bonds is 5. The Morgan fingerprint density at radius 3 is 2.65 bits per heavy atom. The molecular formula is C16H14N2O5. The molecule has 0 bridgehead atoms. The zero-order valence-electron chi connectivity index (χ0n) is 12.3. The number of benzene rings is 1. The van der Waals surface area contributed by atoms with E-state index in [0.717, 1.165) is 6.20 Å². The van der Waals surface area contributed by atoms with Crippen molar-refractivity contribution in [1.82, 2.24) is 0 Å². The van der Waals surface area contributed by atoms with Crippen LogP contribution >= 0.6 is 0 Å². The van der Waals surface area contributed by atoms with Crippen LogP contribution in [0.3, 0.4) is 0 Å². The molecule has 0 aliphatic heterocycles. The van der Waals surface area contributed by atoms with Crippen molar-refractivity contribution < 1.29 is 23.9 Å². The molecule has 0 aliphatic carbocycles. The number of ether oxygens (including phenoxy) is 1. The smallest absolute Gasteiger partial charge is 0.405 e. The van der Waals surface area contributed by atoms with Gasteiger partial charge in [-0.25, -0.2) is 4.79 Å². The molecule has 7 nitrogen and oxygen atoms in total. The number of carbonyl (C=O) groups excluding carboxylic acids is 3. The predicted molar refractivity (Wildman–Crippen MR) is 80.8 cm³/mol. The van der Waals surface area contributed by atoms with E-state index in [-0.39, 0.29) is 11.5 Å². The zero-order chi connectivity index (χ0) is 16.8. The molecule has 0 radical (unpaired) electrons. The molecule has 1 heterocycles. The van der Waals surface area contributed by atoms with E-state index in [4.69, 9.17) is 4.74 Å². The van der Waals surface area contributed by atoms with E-state index in [1.54, 1.807) is 18.2 Å². The Bertz CT molecular complexity index is 758. The fraction of sp³-hybridized carbons (Fsp3) is 0.125. The molecule has 2 rings (SSSR count). The lowest BCUT2D eigenvalue weighted by Gasteiger charge is -2.07. The molecule has 1 aromatic heterocycles. The van der Waals surface area contributed by atoms with Gasteiger partial charge >= 0.3 is 11.7 Å². The number of hydrogen-bond acceptors (Lipinski definition) is 5. The van der Waals surface area contributed by atoms with Gasteiger partial charge < -0.3 is 15.3 Å². The van der Waals surface area contributed by atoms with E-state index >= 15 is 0 Å². The lowest BCUT2D eigenvalue weighted by atomic mass is 10.1. The van der Waals surface area contributed by atoms with Crippen LogP contribution in [-0.2, 0) is 9.53 Å². The lowest BCUT2D eigenvalue weighted by Crippen LogP contribution is -2.35. The Hall–Kier alpha value is -3.22. The molecule has 0 atom stereocenters. The topological polar surface area (TPSA) is 99.4 Å². The van der Waals surface area contributed by atoms with Crippen LogP contribution in [0, 0.1) is 5.21 Å². The number of aromatic nitrogens is 1. The van der Waals surface area contributed by atoms with Crippen molar-refractivity contribution >= 4 is 23.3 Å². The summed E-state index contributed by atoms with van der Waals surface area (Å²) in [5.41, 5.74) is 0.660. The van der Waals surface area contributed by atoms with Crippen LogP contribution in [-0.4, -0.2) is 24.3 Å². The number of nitrogens with one attached hydrogen (secondary N) is 1. The monoisotopic (exact) mass is 314 g/mol. The molecule has 1 N–H and O–H groups in total. The first-order valence-electron chi connectivity index (χ1n) is 6.73. The maximum Gasteiger partial charge on any atom is 0.405 e. The zero-order valence-corrected chi connectivity index (χ0v) is 12.3. The van der Waals surface area contributed by atoms with Crippen LogP contribution < -0.4 is 10.0 Å². The first-order valence-corrected chi connectivity index (χ1v) is 6.73. The molecule has 0 aliphatic rings. The second kappa shape index (κ2) is 7.17. The van der Waals surface area contributed by atoms with Gasteiger partial charge in [0.1, 0.15) is 0 Å². The Kier molecular flexibility index (Phi) is 5.03. The molecule has 1 amide bonds. The summed E-state index contributed by atoms with van der Waals surface area (Å²) >= 11 is 0. The normalized spacial score (nSPS) is 9.96. The van der Waals surface area contributed by atoms with Crippen molar-refractivity contribution in [3.63, 3.8) is 0 Å². The maximum atomic E-state index is 11.8. The number of ketones is 1. The van der Waals surface area contributed by atoms with Crippen molar-refractivity contribution in [2.75, 3.05) is 11.9 Å². The van der Waals surface area contributed by atoms with E-state index in [2.05, 4.69) is 5.32 Å². The number of amides is 1. The third kappa shape index (κ3) is 4.37. The standard InChI is InChI=1S/C16H14N2O5/c1-11(19)12-5-4-6-13(9-12)17-15(20)10-23-16(21)14-7-2-3-8-18(14)22/h2-9H,10H2,1H3,(H,17,20). The maximum absolute atomic E-state index is 11.8. The van der Waals surface area contributed by atoms with Gasteiger partial charge in [0.05, 0.1) is 0 Å². The summed E-state index contributed by atoms with van der Waals surface area (Å²) in [6.07, 6.45) is 1.16. The second-order valence-electron chi connectivity index (χ2n) is 4.67. The van der Waals surface area contributed by atoms with Gasteiger partial charge in [-0.1, -0.05) is 12.1 Å². The molecular weight excluding hydrogens is 300 g/mol.